The molecule has 0 bridgehead atoms. The number of nitrogens with zero attached hydrogens (tertiary/aromatic N) is 1. The van der Waals surface area contributed by atoms with Crippen LogP contribution in [0.4, 0.5) is 10.1 Å². The van der Waals surface area contributed by atoms with E-state index in [0.717, 1.165) is 12.1 Å². The van der Waals surface area contributed by atoms with Crippen molar-refractivity contribution in [3.8, 4) is 0 Å². The van der Waals surface area contributed by atoms with Gasteiger partial charge in [-0.2, -0.15) is 4.39 Å². The average Bonchev–Trinajstić information content (AvgIpc) is 2.30. The predicted molar refractivity (Wildman–Crippen MR) is 61.4 cm³/mol. The maximum absolute atomic E-state index is 13.3. The number of hydrogen-bond acceptors (Lipinski definition) is 4. The smallest absolute Gasteiger partial charge is 0.309 e. The molecule has 0 aromatic heterocycles. The van der Waals surface area contributed by atoms with Crippen molar-refractivity contribution in [1.29, 1.82) is 0 Å². The molecule has 1 aromatic rings. The Morgan fingerprint density at radius 3 is 2.65 bits per heavy atom. The number of halogens is 2. The van der Waals surface area contributed by atoms with Gasteiger partial charge in [-0.25, -0.2) is 0 Å². The monoisotopic (exact) mass is 305 g/mol. The molecular formula is C10H9BrFNO4. The summed E-state index contributed by atoms with van der Waals surface area (Å²) in [4.78, 5) is 20.9. The molecule has 0 aliphatic heterocycles. The SMILES string of the molecule is COC(=O)Cc1cc([N+](=O)[O-])c(F)cc1CBr. The maximum atomic E-state index is 13.3. The van der Waals surface area contributed by atoms with E-state index in [1.807, 2.05) is 0 Å². The van der Waals surface area contributed by atoms with Gasteiger partial charge in [0.1, 0.15) is 0 Å². The van der Waals surface area contributed by atoms with Gasteiger partial charge in [-0.15, -0.1) is 0 Å². The van der Waals surface area contributed by atoms with E-state index in [0.29, 0.717) is 16.5 Å². The molecule has 1 aromatic carbocycles. The highest BCUT2D eigenvalue weighted by atomic mass is 79.9. The molecule has 0 aliphatic carbocycles. The number of methoxy groups -OCH3 is 1. The van der Waals surface area contributed by atoms with E-state index in [1.165, 1.54) is 7.11 Å². The summed E-state index contributed by atoms with van der Waals surface area (Å²) >= 11 is 3.13. The van der Waals surface area contributed by atoms with Crippen LogP contribution in [0.2, 0.25) is 0 Å². The predicted octanol–water partition coefficient (Wildman–Crippen LogP) is 2.34. The first kappa shape index (κ1) is 13.6. The molecule has 7 heteroatoms. The molecule has 92 valence electrons. The van der Waals surface area contributed by atoms with E-state index in [1.54, 1.807) is 0 Å². The summed E-state index contributed by atoms with van der Waals surface area (Å²) in [5, 5.41) is 10.9. The highest BCUT2D eigenvalue weighted by molar-refractivity contribution is 9.08. The van der Waals surface area contributed by atoms with E-state index in [-0.39, 0.29) is 6.42 Å². The summed E-state index contributed by atoms with van der Waals surface area (Å²) < 4.78 is 17.8. The Morgan fingerprint density at radius 1 is 1.53 bits per heavy atom. The van der Waals surface area contributed by atoms with E-state index < -0.39 is 22.4 Å². The Balaban J connectivity index is 3.21. The molecule has 0 aliphatic rings. The summed E-state index contributed by atoms with van der Waals surface area (Å²) in [6.07, 6.45) is -0.126. The zero-order valence-electron chi connectivity index (χ0n) is 8.91. The fourth-order valence-corrected chi connectivity index (χ4v) is 1.82. The van der Waals surface area contributed by atoms with Crippen molar-refractivity contribution >= 4 is 27.6 Å². The summed E-state index contributed by atoms with van der Waals surface area (Å²) in [7, 11) is 1.22. The Bertz CT molecular complexity index is 464. The number of alkyl halides is 1. The molecule has 17 heavy (non-hydrogen) atoms. The summed E-state index contributed by atoms with van der Waals surface area (Å²) in [6, 6.07) is 2.11. The Kier molecular flexibility index (Phi) is 4.56. The van der Waals surface area contributed by atoms with Gasteiger partial charge >= 0.3 is 11.7 Å². The van der Waals surface area contributed by atoms with Crippen LogP contribution in [-0.4, -0.2) is 18.0 Å². The van der Waals surface area contributed by atoms with Crippen LogP contribution in [0, 0.1) is 15.9 Å². The van der Waals surface area contributed by atoms with Crippen molar-refractivity contribution < 1.29 is 18.8 Å². The number of benzene rings is 1. The quantitative estimate of drug-likeness (QED) is 0.370. The lowest BCUT2D eigenvalue weighted by atomic mass is 10.0. The van der Waals surface area contributed by atoms with Crippen LogP contribution in [0.3, 0.4) is 0 Å². The van der Waals surface area contributed by atoms with Crippen molar-refractivity contribution in [2.75, 3.05) is 7.11 Å². The van der Waals surface area contributed by atoms with Crippen molar-refractivity contribution in [3.63, 3.8) is 0 Å². The lowest BCUT2D eigenvalue weighted by Crippen LogP contribution is -2.08. The molecule has 0 heterocycles. The molecule has 0 amide bonds. The van der Waals surface area contributed by atoms with Gasteiger partial charge in [0.25, 0.3) is 0 Å². The number of rotatable bonds is 4. The third kappa shape index (κ3) is 3.23. The molecule has 0 saturated heterocycles. The van der Waals surface area contributed by atoms with Crippen molar-refractivity contribution in [2.45, 2.75) is 11.8 Å². The molecule has 0 N–H and O–H groups in total. The van der Waals surface area contributed by atoms with Gasteiger partial charge in [-0.3, -0.25) is 14.9 Å². The van der Waals surface area contributed by atoms with Crippen LogP contribution >= 0.6 is 15.9 Å². The fourth-order valence-electron chi connectivity index (χ4n) is 1.30. The van der Waals surface area contributed by atoms with Crippen LogP contribution in [0.1, 0.15) is 11.1 Å². The van der Waals surface area contributed by atoms with Crippen molar-refractivity contribution in [3.05, 3.63) is 39.2 Å². The normalized spacial score (nSPS) is 10.1. The largest absolute Gasteiger partial charge is 0.469 e. The molecule has 0 fully saturated rings. The van der Waals surface area contributed by atoms with Crippen LogP contribution in [0.25, 0.3) is 0 Å². The molecule has 0 radical (unpaired) electrons. The lowest BCUT2D eigenvalue weighted by Gasteiger charge is -2.06. The van der Waals surface area contributed by atoms with Gasteiger partial charge in [-0.1, -0.05) is 15.9 Å². The van der Waals surface area contributed by atoms with Crippen LogP contribution in [0.5, 0.6) is 0 Å². The van der Waals surface area contributed by atoms with E-state index in [2.05, 4.69) is 20.7 Å². The van der Waals surface area contributed by atoms with Crippen LogP contribution < -0.4 is 0 Å². The Morgan fingerprint density at radius 2 is 2.18 bits per heavy atom. The highest BCUT2D eigenvalue weighted by Crippen LogP contribution is 2.24. The molecule has 1 rings (SSSR count). The van der Waals surface area contributed by atoms with Gasteiger partial charge in [0.2, 0.25) is 5.82 Å². The zero-order chi connectivity index (χ0) is 13.0. The second-order valence-electron chi connectivity index (χ2n) is 3.22. The van der Waals surface area contributed by atoms with Gasteiger partial charge in [0.05, 0.1) is 18.5 Å². The molecule has 0 saturated carbocycles. The van der Waals surface area contributed by atoms with Gasteiger partial charge in [0, 0.05) is 11.4 Å². The van der Waals surface area contributed by atoms with Gasteiger partial charge < -0.3 is 4.74 Å². The molecule has 5 nitrogen and oxygen atoms in total. The summed E-state index contributed by atoms with van der Waals surface area (Å²) in [5.41, 5.74) is 0.217. The zero-order valence-corrected chi connectivity index (χ0v) is 10.5. The van der Waals surface area contributed by atoms with Gasteiger partial charge in [0.15, 0.2) is 0 Å². The number of carbonyl (C=O) groups is 1. The van der Waals surface area contributed by atoms with E-state index in [9.17, 15) is 19.3 Å². The van der Waals surface area contributed by atoms with Gasteiger partial charge in [-0.05, 0) is 17.2 Å². The Hall–Kier alpha value is -1.50. The number of hydrogen-bond donors (Lipinski definition) is 0. The first-order valence-corrected chi connectivity index (χ1v) is 5.70. The molecule has 0 atom stereocenters. The van der Waals surface area contributed by atoms with E-state index in [4.69, 9.17) is 0 Å². The second kappa shape index (κ2) is 5.72. The van der Waals surface area contributed by atoms with E-state index >= 15 is 0 Å². The molecule has 0 unspecified atom stereocenters. The summed E-state index contributed by atoms with van der Waals surface area (Å²) in [5.74, 6) is -1.45. The minimum atomic E-state index is -0.918. The topological polar surface area (TPSA) is 69.4 Å². The number of nitro groups is 1. The fraction of sp³-hybridized carbons (Fsp3) is 0.300. The highest BCUT2D eigenvalue weighted by Gasteiger charge is 2.19. The van der Waals surface area contributed by atoms with Crippen molar-refractivity contribution in [2.24, 2.45) is 0 Å². The summed E-state index contributed by atoms with van der Waals surface area (Å²) in [6.45, 7) is 0. The number of carbonyl (C=O) groups excluding carboxylic acids is 1. The minimum Gasteiger partial charge on any atom is -0.469 e. The maximum Gasteiger partial charge on any atom is 0.309 e. The first-order chi connectivity index (χ1) is 7.99. The van der Waals surface area contributed by atoms with Crippen molar-refractivity contribution in [1.82, 2.24) is 0 Å². The number of esters is 1. The third-order valence-electron chi connectivity index (χ3n) is 2.17. The molecular weight excluding hydrogens is 297 g/mol. The minimum absolute atomic E-state index is 0.126. The standard InChI is InChI=1S/C10H9BrFNO4/c1-17-10(14)4-6-3-9(13(15)16)8(12)2-7(6)5-11/h2-3H,4-5H2,1H3. The third-order valence-corrected chi connectivity index (χ3v) is 2.78. The molecule has 0 spiro atoms. The van der Waals surface area contributed by atoms with Crippen LogP contribution in [0.15, 0.2) is 12.1 Å². The number of nitro benzene ring substituents is 1. The second-order valence-corrected chi connectivity index (χ2v) is 3.78. The Labute approximate surface area is 105 Å². The van der Waals surface area contributed by atoms with Crippen LogP contribution in [-0.2, 0) is 21.3 Å². The lowest BCUT2D eigenvalue weighted by molar-refractivity contribution is -0.387. The first-order valence-electron chi connectivity index (χ1n) is 4.58. The average molecular weight is 306 g/mol. The number of ether oxygens (including phenoxy) is 1.